The summed E-state index contributed by atoms with van der Waals surface area (Å²) in [7, 11) is 6.04. The predicted octanol–water partition coefficient (Wildman–Crippen LogP) is 0.641. The summed E-state index contributed by atoms with van der Waals surface area (Å²) < 4.78 is 0. The van der Waals surface area contributed by atoms with Crippen LogP contribution >= 0.6 is 0 Å². The van der Waals surface area contributed by atoms with Crippen LogP contribution in [0.15, 0.2) is 0 Å². The van der Waals surface area contributed by atoms with E-state index in [9.17, 15) is 5.11 Å². The molecule has 13 heavy (non-hydrogen) atoms. The van der Waals surface area contributed by atoms with Gasteiger partial charge in [0.05, 0.1) is 5.60 Å². The molecule has 1 heterocycles. The van der Waals surface area contributed by atoms with E-state index in [4.69, 9.17) is 0 Å². The maximum atomic E-state index is 9.95. The van der Waals surface area contributed by atoms with E-state index >= 15 is 0 Å². The van der Waals surface area contributed by atoms with Crippen molar-refractivity contribution in [1.82, 2.24) is 9.80 Å². The van der Waals surface area contributed by atoms with E-state index in [-0.39, 0.29) is 0 Å². The number of likely N-dealkylation sites (tertiary alicyclic amines) is 1. The fourth-order valence-corrected chi connectivity index (χ4v) is 1.78. The number of β-amino-alcohol motifs (C(OH)–C–C–N with tert-alkyl or cyclic N) is 1. The zero-order valence-corrected chi connectivity index (χ0v) is 9.67. The minimum atomic E-state index is -0.460. The lowest BCUT2D eigenvalue weighted by Crippen LogP contribution is -2.41. The lowest BCUT2D eigenvalue weighted by molar-refractivity contribution is 0.0268. The van der Waals surface area contributed by atoms with E-state index in [1.807, 2.05) is 39.9 Å². The Bertz CT molecular complexity index is 139. The van der Waals surface area contributed by atoms with Crippen LogP contribution in [0.25, 0.3) is 0 Å². The topological polar surface area (TPSA) is 26.7 Å². The second-order valence-corrected chi connectivity index (χ2v) is 3.95. The van der Waals surface area contributed by atoms with Crippen LogP contribution in [0.3, 0.4) is 0 Å². The van der Waals surface area contributed by atoms with Crippen molar-refractivity contribution in [3.05, 3.63) is 0 Å². The third-order valence-electron chi connectivity index (χ3n) is 2.13. The Hall–Kier alpha value is -0.120. The predicted molar refractivity (Wildman–Crippen MR) is 57.0 cm³/mol. The molecule has 0 bridgehead atoms. The van der Waals surface area contributed by atoms with Crippen LogP contribution in [0.1, 0.15) is 20.3 Å². The molecule has 1 aliphatic rings. The summed E-state index contributed by atoms with van der Waals surface area (Å²) in [4.78, 5) is 4.21. The normalized spacial score (nSPS) is 28.8. The first kappa shape index (κ1) is 12.9. The molecule has 1 rings (SSSR count). The molecule has 1 aliphatic heterocycles. The monoisotopic (exact) mass is 188 g/mol. The first-order chi connectivity index (χ1) is 6.02. The fourth-order valence-electron chi connectivity index (χ4n) is 1.78. The Balaban J connectivity index is 0.000000671. The van der Waals surface area contributed by atoms with Gasteiger partial charge in [-0.15, -0.1) is 0 Å². The molecule has 1 unspecified atom stereocenters. The Kier molecular flexibility index (Phi) is 5.53. The molecule has 0 aliphatic carbocycles. The van der Waals surface area contributed by atoms with Gasteiger partial charge in [-0.1, -0.05) is 13.8 Å². The molecule has 0 amide bonds. The summed E-state index contributed by atoms with van der Waals surface area (Å²) in [5, 5.41) is 9.95. The second kappa shape index (κ2) is 5.58. The molecule has 1 saturated heterocycles. The largest absolute Gasteiger partial charge is 0.387 e. The Labute approximate surface area is 82.3 Å². The van der Waals surface area contributed by atoms with Gasteiger partial charge in [0.1, 0.15) is 0 Å². The number of hydrogen-bond donors (Lipinski definition) is 1. The van der Waals surface area contributed by atoms with Gasteiger partial charge in [-0.05, 0) is 27.6 Å². The van der Waals surface area contributed by atoms with Crippen LogP contribution in [0.5, 0.6) is 0 Å². The van der Waals surface area contributed by atoms with E-state index in [1.165, 1.54) is 0 Å². The zero-order valence-electron chi connectivity index (χ0n) is 9.67. The van der Waals surface area contributed by atoms with E-state index < -0.39 is 5.60 Å². The van der Waals surface area contributed by atoms with Crippen molar-refractivity contribution in [1.29, 1.82) is 0 Å². The average molecular weight is 188 g/mol. The van der Waals surface area contributed by atoms with Crippen LogP contribution in [0, 0.1) is 0 Å². The quantitative estimate of drug-likeness (QED) is 0.689. The van der Waals surface area contributed by atoms with Gasteiger partial charge in [0, 0.05) is 19.6 Å². The molecule has 1 atom stereocenters. The van der Waals surface area contributed by atoms with Crippen molar-refractivity contribution >= 4 is 0 Å². The van der Waals surface area contributed by atoms with Gasteiger partial charge >= 0.3 is 0 Å². The summed E-state index contributed by atoms with van der Waals surface area (Å²) >= 11 is 0. The first-order valence-electron chi connectivity index (χ1n) is 5.07. The fraction of sp³-hybridized carbons (Fsp3) is 1.00. The zero-order chi connectivity index (χ0) is 10.5. The minimum absolute atomic E-state index is 0.460. The number of hydrogen-bond acceptors (Lipinski definition) is 3. The molecule has 1 N–H and O–H groups in total. The number of nitrogens with zero attached hydrogens (tertiary/aromatic N) is 2. The molecule has 0 radical (unpaired) electrons. The van der Waals surface area contributed by atoms with E-state index in [0.29, 0.717) is 0 Å². The van der Waals surface area contributed by atoms with Crippen molar-refractivity contribution in [2.24, 2.45) is 0 Å². The maximum absolute atomic E-state index is 9.95. The molecule has 0 aromatic heterocycles. The van der Waals surface area contributed by atoms with Gasteiger partial charge < -0.3 is 14.9 Å². The summed E-state index contributed by atoms with van der Waals surface area (Å²) in [6.07, 6.45) is 0.904. The van der Waals surface area contributed by atoms with Crippen LogP contribution in [-0.2, 0) is 0 Å². The Morgan fingerprint density at radius 2 is 1.92 bits per heavy atom. The maximum Gasteiger partial charge on any atom is 0.0911 e. The standard InChI is InChI=1S/C8H18N2O.C2H6/c1-9(2)6-8(11)4-5-10(3)7-8;1-2/h11H,4-7H2,1-3H3;1-2H3. The summed E-state index contributed by atoms with van der Waals surface area (Å²) in [5.41, 5.74) is -0.460. The minimum Gasteiger partial charge on any atom is -0.387 e. The van der Waals surface area contributed by atoms with Crippen LogP contribution in [0.2, 0.25) is 0 Å². The summed E-state index contributed by atoms with van der Waals surface area (Å²) in [6, 6.07) is 0. The van der Waals surface area contributed by atoms with Gasteiger partial charge in [0.15, 0.2) is 0 Å². The highest BCUT2D eigenvalue weighted by atomic mass is 16.3. The van der Waals surface area contributed by atoms with Crippen molar-refractivity contribution in [3.63, 3.8) is 0 Å². The van der Waals surface area contributed by atoms with Crippen LogP contribution in [-0.4, -0.2) is 61.3 Å². The van der Waals surface area contributed by atoms with Gasteiger partial charge in [-0.3, -0.25) is 0 Å². The van der Waals surface area contributed by atoms with E-state index in [1.54, 1.807) is 0 Å². The van der Waals surface area contributed by atoms with Gasteiger partial charge in [-0.25, -0.2) is 0 Å². The molecular formula is C10H24N2O. The summed E-state index contributed by atoms with van der Waals surface area (Å²) in [6.45, 7) is 6.60. The number of rotatable bonds is 2. The van der Waals surface area contributed by atoms with Crippen LogP contribution < -0.4 is 0 Å². The van der Waals surface area contributed by atoms with Crippen LogP contribution in [0.4, 0.5) is 0 Å². The van der Waals surface area contributed by atoms with E-state index in [2.05, 4.69) is 4.90 Å². The SMILES string of the molecule is CC.CN(C)CC1(O)CCN(C)C1. The molecule has 0 aromatic rings. The molecule has 1 fully saturated rings. The second-order valence-electron chi connectivity index (χ2n) is 3.95. The van der Waals surface area contributed by atoms with Crippen molar-refractivity contribution < 1.29 is 5.11 Å². The molecule has 0 saturated carbocycles. The third kappa shape index (κ3) is 4.60. The molecule has 3 heteroatoms. The highest BCUT2D eigenvalue weighted by Crippen LogP contribution is 2.19. The number of likely N-dealkylation sites (N-methyl/N-ethyl adjacent to an activating group) is 2. The highest BCUT2D eigenvalue weighted by molar-refractivity contribution is 4.90. The molecular weight excluding hydrogens is 164 g/mol. The number of aliphatic hydroxyl groups is 1. The van der Waals surface area contributed by atoms with Crippen molar-refractivity contribution in [3.8, 4) is 0 Å². The average Bonchev–Trinajstić information content (AvgIpc) is 2.33. The Morgan fingerprint density at radius 3 is 2.23 bits per heavy atom. The van der Waals surface area contributed by atoms with Crippen molar-refractivity contribution in [2.45, 2.75) is 25.9 Å². The molecule has 3 nitrogen and oxygen atoms in total. The van der Waals surface area contributed by atoms with E-state index in [0.717, 1.165) is 26.1 Å². The van der Waals surface area contributed by atoms with Gasteiger partial charge in [0.25, 0.3) is 0 Å². The lowest BCUT2D eigenvalue weighted by atomic mass is 10.0. The Morgan fingerprint density at radius 1 is 1.38 bits per heavy atom. The van der Waals surface area contributed by atoms with Crippen molar-refractivity contribution in [2.75, 3.05) is 40.8 Å². The van der Waals surface area contributed by atoms with Gasteiger partial charge in [0.2, 0.25) is 0 Å². The summed E-state index contributed by atoms with van der Waals surface area (Å²) in [5.74, 6) is 0. The molecule has 80 valence electrons. The molecule has 0 spiro atoms. The van der Waals surface area contributed by atoms with Gasteiger partial charge in [-0.2, -0.15) is 0 Å². The lowest BCUT2D eigenvalue weighted by Gasteiger charge is -2.25. The smallest absolute Gasteiger partial charge is 0.0911 e. The molecule has 0 aromatic carbocycles. The third-order valence-corrected chi connectivity index (χ3v) is 2.13. The first-order valence-corrected chi connectivity index (χ1v) is 5.07. The highest BCUT2D eigenvalue weighted by Gasteiger charge is 2.34.